The number of nitrogens with zero attached hydrogens (tertiary/aromatic N) is 2. The first-order chi connectivity index (χ1) is 9.74. The van der Waals surface area contributed by atoms with Crippen LogP contribution in [0.2, 0.25) is 0 Å². The van der Waals surface area contributed by atoms with Gasteiger partial charge in [0, 0.05) is 32.2 Å². The van der Waals surface area contributed by atoms with Crippen molar-refractivity contribution >= 4 is 0 Å². The highest BCUT2D eigenvalue weighted by Crippen LogP contribution is 2.35. The molecule has 0 atom stereocenters. The highest BCUT2D eigenvalue weighted by Gasteiger charge is 2.34. The minimum absolute atomic E-state index is 0.538. The molecule has 3 heteroatoms. The van der Waals surface area contributed by atoms with Gasteiger partial charge in [-0.1, -0.05) is 13.3 Å². The summed E-state index contributed by atoms with van der Waals surface area (Å²) in [5, 5.41) is 0. The Labute approximate surface area is 124 Å². The standard InChI is InChI=1S/C17H32N2O/c1-3-14-12-15(13-14)19-10-6-17(7-11-19)20-16-4-8-18(2)9-5-16/h14-17H,3-13H2,1-2H3/t14-,15-. The fourth-order valence-electron chi connectivity index (χ4n) is 4.10. The van der Waals surface area contributed by atoms with E-state index in [0.717, 1.165) is 12.0 Å². The van der Waals surface area contributed by atoms with Crippen molar-refractivity contribution in [3.63, 3.8) is 0 Å². The van der Waals surface area contributed by atoms with Gasteiger partial charge in [-0.25, -0.2) is 0 Å². The number of piperidine rings is 2. The van der Waals surface area contributed by atoms with Crippen LogP contribution >= 0.6 is 0 Å². The van der Waals surface area contributed by atoms with E-state index in [0.29, 0.717) is 12.2 Å². The van der Waals surface area contributed by atoms with Crippen molar-refractivity contribution in [2.75, 3.05) is 33.2 Å². The van der Waals surface area contributed by atoms with Crippen LogP contribution in [0.25, 0.3) is 0 Å². The van der Waals surface area contributed by atoms with Crippen molar-refractivity contribution in [1.82, 2.24) is 9.80 Å². The number of hydrogen-bond acceptors (Lipinski definition) is 3. The van der Waals surface area contributed by atoms with E-state index in [4.69, 9.17) is 4.74 Å². The Bertz CT molecular complexity index is 287. The van der Waals surface area contributed by atoms with E-state index in [1.54, 1.807) is 0 Å². The van der Waals surface area contributed by atoms with Crippen molar-refractivity contribution in [2.45, 2.75) is 70.1 Å². The van der Waals surface area contributed by atoms with Crippen LogP contribution in [-0.4, -0.2) is 61.3 Å². The lowest BCUT2D eigenvalue weighted by Crippen LogP contribution is -2.49. The van der Waals surface area contributed by atoms with E-state index in [1.165, 1.54) is 71.1 Å². The maximum atomic E-state index is 6.35. The Hall–Kier alpha value is -0.120. The van der Waals surface area contributed by atoms with Crippen LogP contribution < -0.4 is 0 Å². The number of hydrogen-bond donors (Lipinski definition) is 0. The van der Waals surface area contributed by atoms with E-state index in [9.17, 15) is 0 Å². The van der Waals surface area contributed by atoms with E-state index in [-0.39, 0.29) is 0 Å². The second-order valence-electron chi connectivity index (χ2n) is 7.27. The minimum atomic E-state index is 0.538. The Kier molecular flexibility index (Phi) is 5.00. The van der Waals surface area contributed by atoms with Gasteiger partial charge >= 0.3 is 0 Å². The van der Waals surface area contributed by atoms with Gasteiger partial charge in [-0.05, 0) is 51.5 Å². The molecule has 2 saturated heterocycles. The van der Waals surface area contributed by atoms with E-state index in [2.05, 4.69) is 23.8 Å². The number of likely N-dealkylation sites (tertiary alicyclic amines) is 2. The van der Waals surface area contributed by atoms with Gasteiger partial charge in [-0.15, -0.1) is 0 Å². The summed E-state index contributed by atoms with van der Waals surface area (Å²) in [5.74, 6) is 1.02. The Morgan fingerprint density at radius 1 is 0.900 bits per heavy atom. The molecule has 1 aliphatic carbocycles. The normalized spacial score (nSPS) is 35.1. The van der Waals surface area contributed by atoms with Crippen molar-refractivity contribution in [3.05, 3.63) is 0 Å². The van der Waals surface area contributed by atoms with Gasteiger partial charge in [0.1, 0.15) is 0 Å². The lowest BCUT2D eigenvalue weighted by Gasteiger charge is -2.46. The largest absolute Gasteiger partial charge is 0.375 e. The average molecular weight is 280 g/mol. The maximum Gasteiger partial charge on any atom is 0.0603 e. The van der Waals surface area contributed by atoms with Gasteiger partial charge in [0.2, 0.25) is 0 Å². The van der Waals surface area contributed by atoms with Gasteiger partial charge in [0.15, 0.2) is 0 Å². The van der Waals surface area contributed by atoms with Gasteiger partial charge in [-0.3, -0.25) is 0 Å². The van der Waals surface area contributed by atoms with Gasteiger partial charge < -0.3 is 14.5 Å². The molecule has 3 nitrogen and oxygen atoms in total. The summed E-state index contributed by atoms with van der Waals surface area (Å²) in [7, 11) is 2.22. The zero-order chi connectivity index (χ0) is 13.9. The predicted octanol–water partition coefficient (Wildman–Crippen LogP) is 2.75. The molecule has 0 amide bonds. The van der Waals surface area contributed by atoms with Gasteiger partial charge in [0.05, 0.1) is 12.2 Å². The molecule has 1 saturated carbocycles. The van der Waals surface area contributed by atoms with Gasteiger partial charge in [-0.2, -0.15) is 0 Å². The third kappa shape index (κ3) is 3.55. The van der Waals surface area contributed by atoms with E-state index < -0.39 is 0 Å². The molecule has 0 aromatic rings. The van der Waals surface area contributed by atoms with Crippen LogP contribution in [0.5, 0.6) is 0 Å². The first-order valence-electron chi connectivity index (χ1n) is 8.82. The van der Waals surface area contributed by atoms with E-state index >= 15 is 0 Å². The first-order valence-corrected chi connectivity index (χ1v) is 8.82. The van der Waals surface area contributed by atoms with Crippen LogP contribution in [0, 0.1) is 5.92 Å². The SMILES string of the molecule is CC[C@H]1C[C@H](N2CCC(OC3CCN(C)CC3)CC2)C1. The second kappa shape index (κ2) is 6.76. The molecule has 2 aliphatic heterocycles. The summed E-state index contributed by atoms with van der Waals surface area (Å²) in [6.45, 7) is 7.31. The summed E-state index contributed by atoms with van der Waals surface area (Å²) < 4.78 is 6.35. The molecule has 0 radical (unpaired) electrons. The summed E-state index contributed by atoms with van der Waals surface area (Å²) in [5.41, 5.74) is 0. The fraction of sp³-hybridized carbons (Fsp3) is 1.00. The summed E-state index contributed by atoms with van der Waals surface area (Å²) in [4.78, 5) is 5.16. The van der Waals surface area contributed by atoms with Crippen LogP contribution in [-0.2, 0) is 4.74 Å². The lowest BCUT2D eigenvalue weighted by atomic mass is 9.77. The van der Waals surface area contributed by atoms with E-state index in [1.807, 2.05) is 0 Å². The van der Waals surface area contributed by atoms with Crippen LogP contribution in [0.15, 0.2) is 0 Å². The Morgan fingerprint density at radius 2 is 1.45 bits per heavy atom. The van der Waals surface area contributed by atoms with Crippen molar-refractivity contribution in [1.29, 1.82) is 0 Å². The molecule has 20 heavy (non-hydrogen) atoms. The minimum Gasteiger partial charge on any atom is -0.375 e. The molecular weight excluding hydrogens is 248 g/mol. The topological polar surface area (TPSA) is 15.7 Å². The summed E-state index contributed by atoms with van der Waals surface area (Å²) in [6.07, 6.45) is 10.4. The molecule has 0 aromatic heterocycles. The Balaban J connectivity index is 1.34. The zero-order valence-electron chi connectivity index (χ0n) is 13.4. The third-order valence-electron chi connectivity index (χ3n) is 5.83. The molecule has 2 heterocycles. The molecule has 0 bridgehead atoms. The predicted molar refractivity (Wildman–Crippen MR) is 83.0 cm³/mol. The first kappa shape index (κ1) is 14.8. The summed E-state index contributed by atoms with van der Waals surface area (Å²) in [6, 6.07) is 0.907. The Morgan fingerprint density at radius 3 is 2.00 bits per heavy atom. The molecule has 0 N–H and O–H groups in total. The molecule has 116 valence electrons. The zero-order valence-corrected chi connectivity index (χ0v) is 13.4. The molecule has 0 aromatic carbocycles. The van der Waals surface area contributed by atoms with Crippen LogP contribution in [0.3, 0.4) is 0 Å². The third-order valence-corrected chi connectivity index (χ3v) is 5.83. The second-order valence-corrected chi connectivity index (χ2v) is 7.27. The quantitative estimate of drug-likeness (QED) is 0.787. The molecule has 3 fully saturated rings. The number of ether oxygens (including phenoxy) is 1. The van der Waals surface area contributed by atoms with Crippen LogP contribution in [0.4, 0.5) is 0 Å². The lowest BCUT2D eigenvalue weighted by molar-refractivity contribution is -0.0733. The van der Waals surface area contributed by atoms with Crippen molar-refractivity contribution < 1.29 is 4.74 Å². The number of rotatable bonds is 4. The molecule has 0 unspecified atom stereocenters. The maximum absolute atomic E-state index is 6.35. The molecule has 0 spiro atoms. The molecule has 3 aliphatic rings. The molecular formula is C17H32N2O. The monoisotopic (exact) mass is 280 g/mol. The highest BCUT2D eigenvalue weighted by molar-refractivity contribution is 4.89. The fourth-order valence-corrected chi connectivity index (χ4v) is 4.10. The van der Waals surface area contributed by atoms with Crippen molar-refractivity contribution in [2.24, 2.45) is 5.92 Å². The summed E-state index contributed by atoms with van der Waals surface area (Å²) >= 11 is 0. The average Bonchev–Trinajstić information content (AvgIpc) is 2.42. The van der Waals surface area contributed by atoms with Crippen molar-refractivity contribution in [3.8, 4) is 0 Å². The van der Waals surface area contributed by atoms with Gasteiger partial charge in [0.25, 0.3) is 0 Å². The molecule has 3 rings (SSSR count). The smallest absolute Gasteiger partial charge is 0.0603 e. The van der Waals surface area contributed by atoms with Crippen LogP contribution in [0.1, 0.15) is 51.9 Å². The highest BCUT2D eigenvalue weighted by atomic mass is 16.5.